The number of likely N-dealkylation sites (N-methyl/N-ethyl adjacent to an activating group) is 1. The smallest absolute Gasteiger partial charge is 0.264 e. The van der Waals surface area contributed by atoms with Gasteiger partial charge in [-0.2, -0.15) is 13.4 Å². The lowest BCUT2D eigenvalue weighted by molar-refractivity contribution is -0.117. The Balaban J connectivity index is 1.83. The first-order valence-electron chi connectivity index (χ1n) is 9.72. The molecule has 0 radical (unpaired) electrons. The summed E-state index contributed by atoms with van der Waals surface area (Å²) in [6, 6.07) is 6.07. The molecule has 2 aromatic rings. The van der Waals surface area contributed by atoms with Crippen LogP contribution in [0, 0.1) is 0 Å². The van der Waals surface area contributed by atoms with Gasteiger partial charge in [0.2, 0.25) is 11.9 Å². The van der Waals surface area contributed by atoms with Crippen LogP contribution < -0.4 is 15.1 Å². The Bertz CT molecular complexity index is 1230. The zero-order valence-electron chi connectivity index (χ0n) is 18.1. The monoisotopic (exact) mass is 483 g/mol. The first-order chi connectivity index (χ1) is 14.9. The molecule has 0 bridgehead atoms. The summed E-state index contributed by atoms with van der Waals surface area (Å²) in [5.41, 5.74) is 1.02. The molecule has 3 rings (SSSR count). The van der Waals surface area contributed by atoms with E-state index in [1.54, 1.807) is 25.4 Å². The van der Waals surface area contributed by atoms with Gasteiger partial charge in [-0.3, -0.25) is 8.98 Å². The van der Waals surface area contributed by atoms with Crippen molar-refractivity contribution in [1.29, 1.82) is 0 Å². The minimum Gasteiger partial charge on any atom is -0.343 e. The van der Waals surface area contributed by atoms with Crippen molar-refractivity contribution in [2.24, 2.45) is 0 Å². The number of benzene rings is 1. The van der Waals surface area contributed by atoms with E-state index >= 15 is 0 Å². The van der Waals surface area contributed by atoms with Crippen molar-refractivity contribution in [2.75, 3.05) is 47.3 Å². The van der Waals surface area contributed by atoms with Crippen molar-refractivity contribution in [3.63, 3.8) is 0 Å². The van der Waals surface area contributed by atoms with E-state index in [2.05, 4.69) is 19.5 Å². The van der Waals surface area contributed by atoms with Crippen molar-refractivity contribution < 1.29 is 25.8 Å². The number of nitrogens with zero attached hydrogens (tertiary/aromatic N) is 4. The lowest BCUT2D eigenvalue weighted by Crippen LogP contribution is -2.47. The molecule has 0 spiro atoms. The Labute approximate surface area is 187 Å². The number of hydrogen-bond acceptors (Lipinski definition) is 10. The van der Waals surface area contributed by atoms with Crippen LogP contribution >= 0.6 is 0 Å². The fourth-order valence-electron chi connectivity index (χ4n) is 3.07. The second-order valence-corrected chi connectivity index (χ2v) is 11.3. The van der Waals surface area contributed by atoms with E-state index in [9.17, 15) is 21.6 Å². The highest BCUT2D eigenvalue weighted by molar-refractivity contribution is 7.91. The number of aromatic nitrogens is 2. The number of rotatable bonds is 8. The quantitative estimate of drug-likeness (QED) is 0.544. The maximum atomic E-state index is 12.5. The molecule has 2 heterocycles. The molecular formula is C19H25N5O6S2. The number of anilines is 4. The predicted molar refractivity (Wildman–Crippen MR) is 120 cm³/mol. The Morgan fingerprint density at radius 3 is 2.59 bits per heavy atom. The molecular weight excluding hydrogens is 458 g/mol. The van der Waals surface area contributed by atoms with Crippen LogP contribution in [0.2, 0.25) is 0 Å². The zero-order chi connectivity index (χ0) is 23.7. The summed E-state index contributed by atoms with van der Waals surface area (Å²) in [5.74, 6) is 0.296. The van der Waals surface area contributed by atoms with Gasteiger partial charge in [0.1, 0.15) is 5.69 Å². The Morgan fingerprint density at radius 1 is 1.22 bits per heavy atom. The lowest BCUT2D eigenvalue weighted by atomic mass is 10.2. The zero-order valence-corrected chi connectivity index (χ0v) is 19.8. The summed E-state index contributed by atoms with van der Waals surface area (Å²) in [6.45, 7) is 3.64. The van der Waals surface area contributed by atoms with Crippen molar-refractivity contribution in [3.05, 3.63) is 30.5 Å². The van der Waals surface area contributed by atoms with E-state index < -0.39 is 32.3 Å². The van der Waals surface area contributed by atoms with Crippen LogP contribution in [-0.4, -0.2) is 71.0 Å². The van der Waals surface area contributed by atoms with E-state index in [4.69, 9.17) is 0 Å². The minimum absolute atomic E-state index is 0.00620. The summed E-state index contributed by atoms with van der Waals surface area (Å²) in [4.78, 5) is 24.4. The summed E-state index contributed by atoms with van der Waals surface area (Å²) < 4.78 is 51.7. The summed E-state index contributed by atoms with van der Waals surface area (Å²) in [6.07, 6.45) is 2.40. The standard InChI is InChI=1S/C19H25N5O6S2/c1-13(2)24-12-17(25)23(3)16-11-20-19(22-18(16)24)21-14-6-5-7-15(10-14)32(28,29)9-8-30-31(4,26)27/h5-7,10-11,13H,8-9,12H2,1-4H3,(H,20,21,22). The first-order valence-corrected chi connectivity index (χ1v) is 13.2. The van der Waals surface area contributed by atoms with Gasteiger partial charge < -0.3 is 15.1 Å². The van der Waals surface area contributed by atoms with Gasteiger partial charge in [0.05, 0.1) is 36.3 Å². The molecule has 0 fully saturated rings. The molecule has 1 aliphatic rings. The van der Waals surface area contributed by atoms with Crippen LogP contribution in [0.5, 0.6) is 0 Å². The molecule has 1 aromatic carbocycles. The molecule has 0 atom stereocenters. The number of amides is 1. The molecule has 0 saturated carbocycles. The summed E-state index contributed by atoms with van der Waals surface area (Å²) in [5, 5.41) is 2.99. The van der Waals surface area contributed by atoms with E-state index in [1.807, 2.05) is 18.7 Å². The van der Waals surface area contributed by atoms with Crippen LogP contribution in [0.15, 0.2) is 35.4 Å². The maximum Gasteiger partial charge on any atom is 0.264 e. The number of hydrogen-bond donors (Lipinski definition) is 1. The highest BCUT2D eigenvalue weighted by Gasteiger charge is 2.30. The van der Waals surface area contributed by atoms with Crippen molar-refractivity contribution >= 4 is 49.0 Å². The first kappa shape index (κ1) is 23.9. The normalized spacial score (nSPS) is 14.6. The third-order valence-corrected chi connectivity index (χ3v) is 7.06. The van der Waals surface area contributed by atoms with Crippen LogP contribution in [0.25, 0.3) is 0 Å². The van der Waals surface area contributed by atoms with Crippen LogP contribution in [0.4, 0.5) is 23.1 Å². The molecule has 13 heteroatoms. The number of carbonyl (C=O) groups excluding carboxylic acids is 1. The molecule has 0 aliphatic carbocycles. The van der Waals surface area contributed by atoms with Gasteiger partial charge in [-0.25, -0.2) is 13.4 Å². The third-order valence-electron chi connectivity index (χ3n) is 4.79. The SMILES string of the molecule is CC(C)N1CC(=O)N(C)c2cnc(Nc3cccc(S(=O)(=O)CCOS(C)(=O)=O)c3)nc21. The van der Waals surface area contributed by atoms with E-state index in [1.165, 1.54) is 17.0 Å². The van der Waals surface area contributed by atoms with Crippen molar-refractivity contribution in [1.82, 2.24) is 9.97 Å². The van der Waals surface area contributed by atoms with E-state index in [-0.39, 0.29) is 29.3 Å². The van der Waals surface area contributed by atoms with E-state index in [0.717, 1.165) is 6.26 Å². The van der Waals surface area contributed by atoms with Gasteiger partial charge in [0.25, 0.3) is 10.1 Å². The number of sulfone groups is 1. The molecule has 11 nitrogen and oxygen atoms in total. The van der Waals surface area contributed by atoms with Gasteiger partial charge in [-0.05, 0) is 32.0 Å². The Morgan fingerprint density at radius 2 is 1.94 bits per heavy atom. The number of nitrogens with one attached hydrogen (secondary N) is 1. The van der Waals surface area contributed by atoms with Crippen molar-refractivity contribution in [2.45, 2.75) is 24.8 Å². The van der Waals surface area contributed by atoms with Crippen LogP contribution in [-0.2, 0) is 28.9 Å². The molecule has 1 amide bonds. The Hall–Kier alpha value is -2.77. The molecule has 0 saturated heterocycles. The lowest BCUT2D eigenvalue weighted by Gasteiger charge is -2.36. The Kier molecular flexibility index (Phi) is 6.72. The second kappa shape index (κ2) is 9.00. The second-order valence-electron chi connectivity index (χ2n) is 7.57. The number of fused-ring (bicyclic) bond motifs is 1. The predicted octanol–water partition coefficient (Wildman–Crippen LogP) is 1.16. The summed E-state index contributed by atoms with van der Waals surface area (Å²) >= 11 is 0. The molecule has 1 aromatic heterocycles. The topological polar surface area (TPSA) is 139 Å². The third kappa shape index (κ3) is 5.53. The van der Waals surface area contributed by atoms with Crippen LogP contribution in [0.3, 0.4) is 0 Å². The average molecular weight is 484 g/mol. The van der Waals surface area contributed by atoms with Gasteiger partial charge in [-0.1, -0.05) is 6.07 Å². The minimum atomic E-state index is -3.77. The molecule has 1 aliphatic heterocycles. The molecule has 174 valence electrons. The highest BCUT2D eigenvalue weighted by atomic mass is 32.2. The van der Waals surface area contributed by atoms with Gasteiger partial charge in [0.15, 0.2) is 15.7 Å². The maximum absolute atomic E-state index is 12.5. The fourth-order valence-corrected chi connectivity index (χ4v) is 4.69. The van der Waals surface area contributed by atoms with Crippen molar-refractivity contribution in [3.8, 4) is 0 Å². The van der Waals surface area contributed by atoms with Gasteiger partial charge in [0, 0.05) is 18.8 Å². The highest BCUT2D eigenvalue weighted by Crippen LogP contribution is 2.32. The molecule has 1 N–H and O–H groups in total. The van der Waals surface area contributed by atoms with Gasteiger partial charge in [-0.15, -0.1) is 0 Å². The summed E-state index contributed by atoms with van der Waals surface area (Å²) in [7, 11) is -5.83. The molecule has 0 unspecified atom stereocenters. The largest absolute Gasteiger partial charge is 0.343 e. The van der Waals surface area contributed by atoms with Crippen LogP contribution in [0.1, 0.15) is 13.8 Å². The molecule has 32 heavy (non-hydrogen) atoms. The van der Waals surface area contributed by atoms with E-state index in [0.29, 0.717) is 17.2 Å². The number of carbonyl (C=O) groups is 1. The fraction of sp³-hybridized carbons (Fsp3) is 0.421. The van der Waals surface area contributed by atoms with Gasteiger partial charge >= 0.3 is 0 Å². The average Bonchev–Trinajstić information content (AvgIpc) is 2.69.